The Balaban J connectivity index is 2.11. The van der Waals surface area contributed by atoms with Gasteiger partial charge in [-0.15, -0.1) is 0 Å². The van der Waals surface area contributed by atoms with E-state index in [4.69, 9.17) is 14.2 Å². The van der Waals surface area contributed by atoms with E-state index < -0.39 is 22.9 Å². The fraction of sp³-hybridized carbons (Fsp3) is 0.263. The highest BCUT2D eigenvalue weighted by atomic mass is 16.6. The van der Waals surface area contributed by atoms with Gasteiger partial charge in [-0.3, -0.25) is 14.9 Å². The van der Waals surface area contributed by atoms with Crippen LogP contribution in [0.3, 0.4) is 0 Å². The Labute approximate surface area is 161 Å². The van der Waals surface area contributed by atoms with Gasteiger partial charge >= 0.3 is 5.97 Å². The zero-order valence-electron chi connectivity index (χ0n) is 15.6. The Morgan fingerprint density at radius 2 is 1.93 bits per heavy atom. The van der Waals surface area contributed by atoms with Crippen LogP contribution in [-0.2, 0) is 9.53 Å². The van der Waals surface area contributed by atoms with Gasteiger partial charge in [-0.2, -0.15) is 0 Å². The van der Waals surface area contributed by atoms with Crippen LogP contribution < -0.4 is 14.8 Å². The van der Waals surface area contributed by atoms with Gasteiger partial charge in [0.2, 0.25) is 0 Å². The topological polar surface area (TPSA) is 117 Å². The molecule has 9 heteroatoms. The number of anilines is 1. The molecule has 0 saturated carbocycles. The molecule has 0 aliphatic rings. The zero-order chi connectivity index (χ0) is 20.7. The number of nitrogens with zero attached hydrogens (tertiary/aromatic N) is 1. The average Bonchev–Trinajstić information content (AvgIpc) is 2.68. The molecule has 0 fully saturated rings. The van der Waals surface area contributed by atoms with Gasteiger partial charge in [-0.25, -0.2) is 4.79 Å². The van der Waals surface area contributed by atoms with E-state index in [1.165, 1.54) is 38.3 Å². The molecular formula is C19H20N2O7. The van der Waals surface area contributed by atoms with Crippen LogP contribution in [0, 0.1) is 10.1 Å². The van der Waals surface area contributed by atoms with E-state index in [0.29, 0.717) is 5.75 Å². The highest BCUT2D eigenvalue weighted by Gasteiger charge is 2.21. The highest BCUT2D eigenvalue weighted by molar-refractivity contribution is 5.96. The second kappa shape index (κ2) is 9.36. The third-order valence-electron chi connectivity index (χ3n) is 3.69. The number of esters is 1. The van der Waals surface area contributed by atoms with Crippen molar-refractivity contribution < 1.29 is 28.7 Å². The zero-order valence-corrected chi connectivity index (χ0v) is 15.6. The first-order valence-corrected chi connectivity index (χ1v) is 8.42. The summed E-state index contributed by atoms with van der Waals surface area (Å²) in [4.78, 5) is 34.8. The fourth-order valence-electron chi connectivity index (χ4n) is 2.30. The summed E-state index contributed by atoms with van der Waals surface area (Å²) in [7, 11) is 1.39. The molecule has 0 aromatic heterocycles. The van der Waals surface area contributed by atoms with Crippen LogP contribution in [0.1, 0.15) is 24.2 Å². The molecule has 148 valence electrons. The molecule has 2 aromatic carbocycles. The first-order chi connectivity index (χ1) is 13.3. The molecule has 0 heterocycles. The summed E-state index contributed by atoms with van der Waals surface area (Å²) in [6.45, 7) is 3.42. The first-order valence-electron chi connectivity index (χ1n) is 8.42. The lowest BCUT2D eigenvalue weighted by Gasteiger charge is -2.15. The Bertz CT molecular complexity index is 882. The Morgan fingerprint density at radius 3 is 2.57 bits per heavy atom. The summed E-state index contributed by atoms with van der Waals surface area (Å²) >= 11 is 0. The molecule has 0 unspecified atom stereocenters. The smallest absolute Gasteiger partial charge is 0.338 e. The Kier molecular flexibility index (Phi) is 6.91. The summed E-state index contributed by atoms with van der Waals surface area (Å²) in [5.41, 5.74) is 0.00785. The molecule has 28 heavy (non-hydrogen) atoms. The van der Waals surface area contributed by atoms with Gasteiger partial charge in [0.1, 0.15) is 17.2 Å². The summed E-state index contributed by atoms with van der Waals surface area (Å²) in [5.74, 6) is -0.504. The van der Waals surface area contributed by atoms with E-state index >= 15 is 0 Å². The van der Waals surface area contributed by atoms with Gasteiger partial charge in [0, 0.05) is 0 Å². The molecule has 0 spiro atoms. The van der Waals surface area contributed by atoms with E-state index in [1.54, 1.807) is 25.1 Å². The minimum absolute atomic E-state index is 0.0199. The molecule has 0 aliphatic heterocycles. The number of carbonyl (C=O) groups excluding carboxylic acids is 2. The number of carbonyl (C=O) groups is 2. The fourth-order valence-corrected chi connectivity index (χ4v) is 2.30. The third-order valence-corrected chi connectivity index (χ3v) is 3.69. The van der Waals surface area contributed by atoms with Crippen molar-refractivity contribution in [2.75, 3.05) is 19.0 Å². The van der Waals surface area contributed by atoms with Gasteiger partial charge in [-0.1, -0.05) is 6.07 Å². The average molecular weight is 388 g/mol. The lowest BCUT2D eigenvalue weighted by Crippen LogP contribution is -2.30. The summed E-state index contributed by atoms with van der Waals surface area (Å²) in [6.07, 6.45) is -0.973. The summed E-state index contributed by atoms with van der Waals surface area (Å²) in [6, 6.07) is 10.3. The molecule has 0 saturated heterocycles. The lowest BCUT2D eigenvalue weighted by molar-refractivity contribution is -0.384. The highest BCUT2D eigenvalue weighted by Crippen LogP contribution is 2.29. The molecular weight excluding hydrogens is 368 g/mol. The molecule has 0 radical (unpaired) electrons. The molecule has 1 N–H and O–H groups in total. The van der Waals surface area contributed by atoms with Crippen LogP contribution in [0.15, 0.2) is 42.5 Å². The minimum atomic E-state index is -0.973. The number of methoxy groups -OCH3 is 1. The van der Waals surface area contributed by atoms with Crippen molar-refractivity contribution in [1.29, 1.82) is 0 Å². The summed E-state index contributed by atoms with van der Waals surface area (Å²) < 4.78 is 15.4. The molecule has 1 atom stereocenters. The van der Waals surface area contributed by atoms with Crippen LogP contribution in [0.5, 0.6) is 11.5 Å². The predicted molar refractivity (Wildman–Crippen MR) is 101 cm³/mol. The third kappa shape index (κ3) is 5.19. The molecule has 0 bridgehead atoms. The van der Waals surface area contributed by atoms with Crippen LogP contribution in [0.25, 0.3) is 0 Å². The SMILES string of the molecule is CCOC(=O)c1cccc(O[C@H](C)C(=O)Nc2ccc(OC)cc2[N+](=O)[O-])c1. The number of rotatable bonds is 8. The van der Waals surface area contributed by atoms with E-state index in [0.717, 1.165) is 0 Å². The van der Waals surface area contributed by atoms with Crippen molar-refractivity contribution in [3.63, 3.8) is 0 Å². The summed E-state index contributed by atoms with van der Waals surface area (Å²) in [5, 5.41) is 13.7. The van der Waals surface area contributed by atoms with Gasteiger partial charge in [0.25, 0.3) is 11.6 Å². The molecule has 1 amide bonds. The van der Waals surface area contributed by atoms with Crippen molar-refractivity contribution >= 4 is 23.3 Å². The van der Waals surface area contributed by atoms with E-state index in [9.17, 15) is 19.7 Å². The van der Waals surface area contributed by atoms with Gasteiger partial charge in [-0.05, 0) is 44.2 Å². The largest absolute Gasteiger partial charge is 0.496 e. The number of benzene rings is 2. The van der Waals surface area contributed by atoms with Gasteiger partial charge in [0.05, 0.1) is 30.3 Å². The van der Waals surface area contributed by atoms with Crippen LogP contribution in [-0.4, -0.2) is 36.6 Å². The second-order valence-electron chi connectivity index (χ2n) is 5.64. The van der Waals surface area contributed by atoms with Crippen molar-refractivity contribution in [2.24, 2.45) is 0 Å². The molecule has 2 aromatic rings. The number of nitro benzene ring substituents is 1. The lowest BCUT2D eigenvalue weighted by atomic mass is 10.2. The standard InChI is InChI=1S/C19H20N2O7/c1-4-27-19(23)13-6-5-7-15(10-13)28-12(2)18(22)20-16-9-8-14(26-3)11-17(16)21(24)25/h5-12H,4H2,1-3H3,(H,20,22)/t12-/m1/s1. The maximum absolute atomic E-state index is 12.4. The number of ether oxygens (including phenoxy) is 3. The second-order valence-corrected chi connectivity index (χ2v) is 5.64. The minimum Gasteiger partial charge on any atom is -0.496 e. The van der Waals surface area contributed by atoms with Crippen molar-refractivity contribution in [3.8, 4) is 11.5 Å². The Hall–Kier alpha value is -3.62. The van der Waals surface area contributed by atoms with Gasteiger partial charge in [0.15, 0.2) is 6.10 Å². The van der Waals surface area contributed by atoms with Crippen LogP contribution >= 0.6 is 0 Å². The van der Waals surface area contributed by atoms with Crippen molar-refractivity contribution in [2.45, 2.75) is 20.0 Å². The molecule has 2 rings (SSSR count). The van der Waals surface area contributed by atoms with E-state index in [2.05, 4.69) is 5.32 Å². The number of hydrogen-bond donors (Lipinski definition) is 1. The van der Waals surface area contributed by atoms with Crippen LogP contribution in [0.4, 0.5) is 11.4 Å². The maximum Gasteiger partial charge on any atom is 0.338 e. The Morgan fingerprint density at radius 1 is 1.18 bits per heavy atom. The van der Waals surface area contributed by atoms with Crippen LogP contribution in [0.2, 0.25) is 0 Å². The van der Waals surface area contributed by atoms with E-state index in [-0.39, 0.29) is 29.3 Å². The van der Waals surface area contributed by atoms with Crippen molar-refractivity contribution in [1.82, 2.24) is 0 Å². The number of hydrogen-bond acceptors (Lipinski definition) is 7. The monoisotopic (exact) mass is 388 g/mol. The quantitative estimate of drug-likeness (QED) is 0.419. The van der Waals surface area contributed by atoms with Gasteiger partial charge < -0.3 is 19.5 Å². The normalized spacial score (nSPS) is 11.2. The molecule has 0 aliphatic carbocycles. The van der Waals surface area contributed by atoms with E-state index in [1.807, 2.05) is 0 Å². The molecule has 9 nitrogen and oxygen atoms in total. The predicted octanol–water partition coefficient (Wildman–Crippen LogP) is 3.19. The van der Waals surface area contributed by atoms with Crippen molar-refractivity contribution in [3.05, 3.63) is 58.1 Å². The first kappa shape index (κ1) is 20.7. The number of nitro groups is 1. The number of amides is 1. The number of nitrogens with one attached hydrogen (secondary N) is 1. The maximum atomic E-state index is 12.4.